The zero-order valence-corrected chi connectivity index (χ0v) is 15.1. The summed E-state index contributed by atoms with van der Waals surface area (Å²) in [6.07, 6.45) is -3.08. The fourth-order valence-electron chi connectivity index (χ4n) is 2.26. The third kappa shape index (κ3) is 5.54. The molecule has 0 spiro atoms. The van der Waals surface area contributed by atoms with Crippen molar-refractivity contribution < 1.29 is 22.8 Å². The van der Waals surface area contributed by atoms with E-state index < -0.39 is 23.7 Å². The fraction of sp³-hybridized carbons (Fsp3) is 0.316. The van der Waals surface area contributed by atoms with E-state index in [1.54, 1.807) is 20.8 Å². The first-order chi connectivity index (χ1) is 12.6. The molecule has 0 aliphatic carbocycles. The van der Waals surface area contributed by atoms with E-state index in [1.165, 1.54) is 30.5 Å². The average molecular weight is 379 g/mol. The lowest BCUT2D eigenvalue weighted by atomic mass is 10.0. The number of aromatic nitrogens is 1. The van der Waals surface area contributed by atoms with Crippen molar-refractivity contribution >= 4 is 17.6 Å². The van der Waals surface area contributed by atoms with Gasteiger partial charge in [0.05, 0.1) is 11.6 Å². The molecule has 144 valence electrons. The van der Waals surface area contributed by atoms with Crippen LogP contribution < -0.4 is 10.6 Å². The Bertz CT molecular complexity index is 835. The van der Waals surface area contributed by atoms with Crippen LogP contribution in [0, 0.1) is 5.92 Å². The van der Waals surface area contributed by atoms with E-state index in [4.69, 9.17) is 0 Å². The minimum atomic E-state index is -4.45. The molecule has 0 radical (unpaired) electrons. The van der Waals surface area contributed by atoms with Gasteiger partial charge in [-0.3, -0.25) is 9.59 Å². The van der Waals surface area contributed by atoms with E-state index in [9.17, 15) is 22.8 Å². The Kier molecular flexibility index (Phi) is 6.20. The SMILES string of the molecule is CC(C)C(=O)Nc1cc(C(=O)N[C@H](C)c2cccc(C(F)(F)F)c2)ccn1. The van der Waals surface area contributed by atoms with Gasteiger partial charge in [0.15, 0.2) is 0 Å². The highest BCUT2D eigenvalue weighted by Crippen LogP contribution is 2.30. The third-order valence-corrected chi connectivity index (χ3v) is 3.86. The number of hydrogen-bond acceptors (Lipinski definition) is 3. The summed E-state index contributed by atoms with van der Waals surface area (Å²) < 4.78 is 38.5. The van der Waals surface area contributed by atoms with Gasteiger partial charge in [0.2, 0.25) is 5.91 Å². The molecule has 2 aromatic rings. The molecule has 27 heavy (non-hydrogen) atoms. The van der Waals surface area contributed by atoms with Crippen molar-refractivity contribution in [3.05, 3.63) is 59.3 Å². The molecule has 0 fully saturated rings. The van der Waals surface area contributed by atoms with E-state index in [2.05, 4.69) is 15.6 Å². The molecule has 0 unspecified atom stereocenters. The summed E-state index contributed by atoms with van der Waals surface area (Å²) in [7, 11) is 0. The molecule has 0 saturated heterocycles. The lowest BCUT2D eigenvalue weighted by Gasteiger charge is -2.16. The van der Waals surface area contributed by atoms with Crippen molar-refractivity contribution in [3.63, 3.8) is 0 Å². The molecule has 0 saturated carbocycles. The second-order valence-electron chi connectivity index (χ2n) is 6.39. The highest BCUT2D eigenvalue weighted by molar-refractivity contribution is 5.97. The monoisotopic (exact) mass is 379 g/mol. The number of rotatable bonds is 5. The molecule has 5 nitrogen and oxygen atoms in total. The van der Waals surface area contributed by atoms with E-state index in [1.807, 2.05) is 0 Å². The van der Waals surface area contributed by atoms with Gasteiger partial charge >= 0.3 is 6.18 Å². The van der Waals surface area contributed by atoms with Crippen LogP contribution >= 0.6 is 0 Å². The van der Waals surface area contributed by atoms with Gasteiger partial charge in [0, 0.05) is 17.7 Å². The number of alkyl halides is 3. The number of nitrogens with one attached hydrogen (secondary N) is 2. The number of halogens is 3. The normalized spacial score (nSPS) is 12.6. The predicted molar refractivity (Wildman–Crippen MR) is 95.0 cm³/mol. The van der Waals surface area contributed by atoms with Gasteiger partial charge in [0.25, 0.3) is 5.91 Å². The quantitative estimate of drug-likeness (QED) is 0.819. The largest absolute Gasteiger partial charge is 0.416 e. The number of nitrogens with zero attached hydrogens (tertiary/aromatic N) is 1. The smallest absolute Gasteiger partial charge is 0.346 e. The number of amides is 2. The molecule has 2 N–H and O–H groups in total. The first-order valence-corrected chi connectivity index (χ1v) is 8.33. The second-order valence-corrected chi connectivity index (χ2v) is 6.39. The summed E-state index contributed by atoms with van der Waals surface area (Å²) >= 11 is 0. The van der Waals surface area contributed by atoms with Crippen LogP contribution in [0.2, 0.25) is 0 Å². The summed E-state index contributed by atoms with van der Waals surface area (Å²) in [5, 5.41) is 5.24. The Labute approximate surface area is 155 Å². The van der Waals surface area contributed by atoms with Gasteiger partial charge in [-0.2, -0.15) is 13.2 Å². The maximum absolute atomic E-state index is 12.8. The van der Waals surface area contributed by atoms with Crippen LogP contribution in [-0.2, 0) is 11.0 Å². The van der Waals surface area contributed by atoms with Crippen LogP contribution in [0.1, 0.15) is 48.3 Å². The average Bonchev–Trinajstić information content (AvgIpc) is 2.61. The molecule has 0 aliphatic rings. The number of benzene rings is 1. The molecule has 1 aromatic heterocycles. The highest BCUT2D eigenvalue weighted by Gasteiger charge is 2.30. The Morgan fingerprint density at radius 3 is 2.41 bits per heavy atom. The Hall–Kier alpha value is -2.90. The van der Waals surface area contributed by atoms with Gasteiger partial charge in [-0.15, -0.1) is 0 Å². The summed E-state index contributed by atoms with van der Waals surface area (Å²) in [4.78, 5) is 28.1. The molecule has 1 atom stereocenters. The Balaban J connectivity index is 2.12. The molecule has 0 bridgehead atoms. The fourth-order valence-corrected chi connectivity index (χ4v) is 2.26. The molecule has 1 aromatic carbocycles. The molecule has 8 heteroatoms. The molecule has 2 rings (SSSR count). The van der Waals surface area contributed by atoms with E-state index >= 15 is 0 Å². The van der Waals surface area contributed by atoms with Gasteiger partial charge in [-0.1, -0.05) is 26.0 Å². The number of carbonyl (C=O) groups is 2. The lowest BCUT2D eigenvalue weighted by molar-refractivity contribution is -0.137. The molecular formula is C19H20F3N3O2. The molecule has 1 heterocycles. The van der Waals surface area contributed by atoms with Crippen molar-refractivity contribution in [2.45, 2.75) is 33.0 Å². The summed E-state index contributed by atoms with van der Waals surface area (Å²) in [6.45, 7) is 5.04. The first kappa shape index (κ1) is 20.4. The number of anilines is 1. The maximum Gasteiger partial charge on any atom is 0.416 e. The van der Waals surface area contributed by atoms with Gasteiger partial charge in [-0.05, 0) is 36.8 Å². The van der Waals surface area contributed by atoms with Crippen LogP contribution in [0.5, 0.6) is 0 Å². The van der Waals surface area contributed by atoms with Crippen LogP contribution in [0.25, 0.3) is 0 Å². The zero-order chi connectivity index (χ0) is 20.2. The van der Waals surface area contributed by atoms with Gasteiger partial charge in [0.1, 0.15) is 5.82 Å². The van der Waals surface area contributed by atoms with Crippen molar-refractivity contribution in [1.82, 2.24) is 10.3 Å². The Morgan fingerprint density at radius 2 is 1.78 bits per heavy atom. The van der Waals surface area contributed by atoms with Crippen LogP contribution in [0.4, 0.5) is 19.0 Å². The van der Waals surface area contributed by atoms with Crippen molar-refractivity contribution in [2.24, 2.45) is 5.92 Å². The lowest BCUT2D eigenvalue weighted by Crippen LogP contribution is -2.27. The molecule has 2 amide bonds. The minimum Gasteiger partial charge on any atom is -0.346 e. The van der Waals surface area contributed by atoms with Crippen LogP contribution in [-0.4, -0.2) is 16.8 Å². The first-order valence-electron chi connectivity index (χ1n) is 8.33. The van der Waals surface area contributed by atoms with E-state index in [-0.39, 0.29) is 23.2 Å². The van der Waals surface area contributed by atoms with Crippen LogP contribution in [0.15, 0.2) is 42.6 Å². The number of carbonyl (C=O) groups excluding carboxylic acids is 2. The van der Waals surface area contributed by atoms with Crippen molar-refractivity contribution in [3.8, 4) is 0 Å². The van der Waals surface area contributed by atoms with E-state index in [0.717, 1.165) is 12.1 Å². The predicted octanol–water partition coefficient (Wildman–Crippen LogP) is 4.19. The maximum atomic E-state index is 12.8. The zero-order valence-electron chi connectivity index (χ0n) is 15.1. The summed E-state index contributed by atoms with van der Waals surface area (Å²) in [5.41, 5.74) is -0.202. The van der Waals surface area contributed by atoms with Crippen LogP contribution in [0.3, 0.4) is 0 Å². The highest BCUT2D eigenvalue weighted by atomic mass is 19.4. The van der Waals surface area contributed by atoms with Gasteiger partial charge in [-0.25, -0.2) is 4.98 Å². The standard InChI is InChI=1S/C19H20F3N3O2/c1-11(2)17(26)25-16-10-14(7-8-23-16)18(27)24-12(3)13-5-4-6-15(9-13)19(20,21)22/h4-12H,1-3H3,(H,24,27)(H,23,25,26)/t12-/m1/s1. The minimum absolute atomic E-state index is 0.230. The van der Waals surface area contributed by atoms with E-state index in [0.29, 0.717) is 5.56 Å². The van der Waals surface area contributed by atoms with Crippen molar-refractivity contribution in [2.75, 3.05) is 5.32 Å². The third-order valence-electron chi connectivity index (χ3n) is 3.86. The Morgan fingerprint density at radius 1 is 1.07 bits per heavy atom. The summed E-state index contributed by atoms with van der Waals surface area (Å²) in [5.74, 6) is -0.738. The van der Waals surface area contributed by atoms with Crippen molar-refractivity contribution in [1.29, 1.82) is 0 Å². The number of pyridine rings is 1. The van der Waals surface area contributed by atoms with Gasteiger partial charge < -0.3 is 10.6 Å². The molecular weight excluding hydrogens is 359 g/mol. The topological polar surface area (TPSA) is 71.1 Å². The summed E-state index contributed by atoms with van der Waals surface area (Å²) in [6, 6.07) is 7.03. The second kappa shape index (κ2) is 8.20. The molecule has 0 aliphatic heterocycles. The number of hydrogen-bond donors (Lipinski definition) is 2.